The summed E-state index contributed by atoms with van der Waals surface area (Å²) >= 11 is 0. The average Bonchev–Trinajstić information content (AvgIpc) is 2.25. The highest BCUT2D eigenvalue weighted by atomic mass is 32.3. The summed E-state index contributed by atoms with van der Waals surface area (Å²) in [4.78, 5) is 10.8. The van der Waals surface area contributed by atoms with Gasteiger partial charge in [0.2, 0.25) is 5.91 Å². The predicted molar refractivity (Wildman–Crippen MR) is 59.9 cm³/mol. The minimum Gasteiger partial charge on any atom is -0.384 e. The number of anilines is 1. The lowest BCUT2D eigenvalue weighted by Crippen LogP contribution is -2.15. The van der Waals surface area contributed by atoms with Crippen molar-refractivity contribution in [3.8, 4) is 0 Å². The molecule has 0 aliphatic rings. The van der Waals surface area contributed by atoms with Crippen LogP contribution >= 0.6 is 0 Å². The van der Waals surface area contributed by atoms with Crippen LogP contribution in [-0.4, -0.2) is 28.0 Å². The number of ether oxygens (including phenoxy) is 1. The summed E-state index contributed by atoms with van der Waals surface area (Å²) < 4.78 is 39.2. The van der Waals surface area contributed by atoms with Crippen LogP contribution in [0.15, 0.2) is 29.2 Å². The van der Waals surface area contributed by atoms with E-state index in [1.807, 2.05) is 0 Å². The quantitative estimate of drug-likeness (QED) is 0.811. The smallest absolute Gasteiger partial charge is 0.334 e. The van der Waals surface area contributed by atoms with Gasteiger partial charge in [-0.3, -0.25) is 4.79 Å². The number of nitrogens with one attached hydrogen (secondary N) is 1. The van der Waals surface area contributed by atoms with Gasteiger partial charge in [-0.25, -0.2) is 0 Å². The molecule has 0 aliphatic heterocycles. The van der Waals surface area contributed by atoms with E-state index in [0.717, 1.165) is 6.07 Å². The molecule has 0 saturated heterocycles. The minimum absolute atomic E-state index is 0.0666. The molecule has 0 spiro atoms. The van der Waals surface area contributed by atoms with Crippen LogP contribution in [0, 0.1) is 0 Å². The molecule has 0 saturated carbocycles. The molecule has 0 aromatic heterocycles. The summed E-state index contributed by atoms with van der Waals surface area (Å²) in [5.74, 6) is -0.442. The van der Waals surface area contributed by atoms with Crippen LogP contribution in [0.25, 0.3) is 0 Å². The Kier molecular flexibility index (Phi) is 4.59. The summed E-state index contributed by atoms with van der Waals surface area (Å²) in [5.41, 5.74) is -0.0731. The number of carbonyl (C=O) groups is 1. The van der Waals surface area contributed by atoms with E-state index in [4.69, 9.17) is 4.74 Å². The Morgan fingerprint density at radius 3 is 2.65 bits per heavy atom. The summed E-state index contributed by atoms with van der Waals surface area (Å²) in [5, 5.41) is 2.31. The maximum atomic E-state index is 12.9. The van der Waals surface area contributed by atoms with Gasteiger partial charge in [-0.2, -0.15) is 8.42 Å². The van der Waals surface area contributed by atoms with E-state index in [2.05, 4.69) is 5.32 Å². The second-order valence-corrected chi connectivity index (χ2v) is 4.54. The van der Waals surface area contributed by atoms with Crippen LogP contribution in [0.2, 0.25) is 0 Å². The van der Waals surface area contributed by atoms with Gasteiger partial charge in [0.15, 0.2) is 0 Å². The van der Waals surface area contributed by atoms with E-state index in [0.29, 0.717) is 0 Å². The third kappa shape index (κ3) is 4.12. The lowest BCUT2D eigenvalue weighted by atomic mass is 10.3. The second-order valence-electron chi connectivity index (χ2n) is 3.22. The van der Waals surface area contributed by atoms with E-state index in [9.17, 15) is 17.1 Å². The van der Waals surface area contributed by atoms with Gasteiger partial charge in [0.1, 0.15) is 4.90 Å². The fraction of sp³-hybridized carbons (Fsp3) is 0.300. The highest BCUT2D eigenvalue weighted by molar-refractivity contribution is 7.86. The van der Waals surface area contributed by atoms with Crippen LogP contribution in [0.3, 0.4) is 0 Å². The first-order chi connectivity index (χ1) is 7.95. The predicted octanol–water partition coefficient (Wildman–Crippen LogP) is 1.32. The molecule has 94 valence electrons. The summed E-state index contributed by atoms with van der Waals surface area (Å²) in [6.07, 6.45) is 0.0666. The van der Waals surface area contributed by atoms with E-state index in [1.54, 1.807) is 0 Å². The van der Waals surface area contributed by atoms with Crippen LogP contribution in [0.1, 0.15) is 6.42 Å². The number of carbonyl (C=O) groups excluding carboxylic acids is 1. The van der Waals surface area contributed by atoms with Crippen molar-refractivity contribution in [2.24, 2.45) is 0 Å². The summed E-state index contributed by atoms with van der Waals surface area (Å²) in [6.45, 7) is 0.205. The van der Waals surface area contributed by atoms with Crippen molar-refractivity contribution in [2.45, 2.75) is 11.3 Å². The molecule has 1 aromatic rings. The van der Waals surface area contributed by atoms with Crippen molar-refractivity contribution in [1.29, 1.82) is 0 Å². The molecule has 1 rings (SSSR count). The standard InChI is InChI=1S/C10H12FNO4S/c1-16-7-6-10(13)12-8-4-2-3-5-9(8)17(11,14)15/h2-5H,6-7H2,1H3,(H,12,13). The van der Waals surface area contributed by atoms with Gasteiger partial charge in [0, 0.05) is 7.11 Å². The van der Waals surface area contributed by atoms with Gasteiger partial charge >= 0.3 is 10.2 Å². The fourth-order valence-electron chi connectivity index (χ4n) is 1.19. The Bertz CT molecular complexity index is 501. The maximum Gasteiger partial charge on any atom is 0.334 e. The number of amides is 1. The van der Waals surface area contributed by atoms with Crippen molar-refractivity contribution >= 4 is 21.8 Å². The molecule has 5 nitrogen and oxygen atoms in total. The van der Waals surface area contributed by atoms with Crippen LogP contribution < -0.4 is 5.32 Å². The largest absolute Gasteiger partial charge is 0.384 e. The summed E-state index contributed by atoms with van der Waals surface area (Å²) in [6, 6.07) is 5.27. The first kappa shape index (κ1) is 13.6. The molecular formula is C10H12FNO4S. The van der Waals surface area contributed by atoms with Crippen molar-refractivity contribution in [2.75, 3.05) is 19.0 Å². The highest BCUT2D eigenvalue weighted by Gasteiger charge is 2.17. The van der Waals surface area contributed by atoms with Gasteiger partial charge in [-0.15, -0.1) is 3.89 Å². The first-order valence-electron chi connectivity index (χ1n) is 4.77. The number of methoxy groups -OCH3 is 1. The minimum atomic E-state index is -4.85. The fourth-order valence-corrected chi connectivity index (χ4v) is 1.81. The van der Waals surface area contributed by atoms with Gasteiger partial charge in [0.25, 0.3) is 0 Å². The zero-order chi connectivity index (χ0) is 12.9. The van der Waals surface area contributed by atoms with E-state index < -0.39 is 21.0 Å². The lowest BCUT2D eigenvalue weighted by molar-refractivity contribution is -0.117. The highest BCUT2D eigenvalue weighted by Crippen LogP contribution is 2.22. The number of halogens is 1. The Balaban J connectivity index is 2.88. The van der Waals surface area contributed by atoms with E-state index in [-0.39, 0.29) is 18.7 Å². The van der Waals surface area contributed by atoms with Crippen molar-refractivity contribution in [1.82, 2.24) is 0 Å². The van der Waals surface area contributed by atoms with E-state index >= 15 is 0 Å². The van der Waals surface area contributed by atoms with Gasteiger partial charge < -0.3 is 10.1 Å². The Morgan fingerprint density at radius 1 is 1.41 bits per heavy atom. The van der Waals surface area contributed by atoms with E-state index in [1.165, 1.54) is 25.3 Å². The monoisotopic (exact) mass is 261 g/mol. The van der Waals surface area contributed by atoms with Crippen molar-refractivity contribution in [3.63, 3.8) is 0 Å². The molecule has 1 N–H and O–H groups in total. The van der Waals surface area contributed by atoms with Crippen LogP contribution in [-0.2, 0) is 19.8 Å². The van der Waals surface area contributed by atoms with Gasteiger partial charge in [-0.1, -0.05) is 12.1 Å². The molecule has 0 heterocycles. The maximum absolute atomic E-state index is 12.9. The first-order valence-corrected chi connectivity index (χ1v) is 6.16. The molecule has 1 amide bonds. The van der Waals surface area contributed by atoms with Gasteiger partial charge in [-0.05, 0) is 12.1 Å². The molecule has 1 aromatic carbocycles. The van der Waals surface area contributed by atoms with Crippen LogP contribution in [0.4, 0.5) is 9.57 Å². The van der Waals surface area contributed by atoms with Crippen LogP contribution in [0.5, 0.6) is 0 Å². The van der Waals surface area contributed by atoms with Crippen molar-refractivity contribution < 1.29 is 21.8 Å². The SMILES string of the molecule is COCCC(=O)Nc1ccccc1S(=O)(=O)F. The Labute approximate surface area is 98.8 Å². The molecule has 0 radical (unpaired) electrons. The zero-order valence-electron chi connectivity index (χ0n) is 9.14. The number of para-hydroxylation sites is 1. The zero-order valence-corrected chi connectivity index (χ0v) is 9.96. The number of benzene rings is 1. The molecule has 0 aliphatic carbocycles. The normalized spacial score (nSPS) is 11.2. The number of hydrogen-bond acceptors (Lipinski definition) is 4. The third-order valence-electron chi connectivity index (χ3n) is 1.96. The van der Waals surface area contributed by atoms with Gasteiger partial charge in [0.05, 0.1) is 18.7 Å². The second kappa shape index (κ2) is 5.74. The topological polar surface area (TPSA) is 72.5 Å². The molecule has 17 heavy (non-hydrogen) atoms. The summed E-state index contributed by atoms with van der Waals surface area (Å²) in [7, 11) is -3.41. The van der Waals surface area contributed by atoms with Crippen molar-refractivity contribution in [3.05, 3.63) is 24.3 Å². The molecule has 0 fully saturated rings. The molecule has 0 unspecified atom stereocenters. The average molecular weight is 261 g/mol. The third-order valence-corrected chi connectivity index (χ3v) is 2.84. The Hall–Kier alpha value is -1.47. The molecule has 0 atom stereocenters. The molecule has 7 heteroatoms. The number of rotatable bonds is 5. The number of hydrogen-bond donors (Lipinski definition) is 1. The lowest BCUT2D eigenvalue weighted by Gasteiger charge is -2.07. The molecular weight excluding hydrogens is 249 g/mol. The molecule has 0 bridgehead atoms. The Morgan fingerprint density at radius 2 is 2.06 bits per heavy atom.